The van der Waals surface area contributed by atoms with Crippen LogP contribution in [-0.4, -0.2) is 6.04 Å². The van der Waals surface area contributed by atoms with E-state index in [1.807, 2.05) is 43.3 Å². The maximum atomic E-state index is 6.25. The number of hydrogen-bond acceptors (Lipinski definition) is 2. The molecule has 3 heteroatoms. The number of hydrogen-bond donors (Lipinski definition) is 1. The monoisotopic (exact) mass is 289 g/mol. The van der Waals surface area contributed by atoms with Crippen LogP contribution >= 0.6 is 11.6 Å². The first kappa shape index (κ1) is 14.9. The van der Waals surface area contributed by atoms with Crippen molar-refractivity contribution in [3.05, 3.63) is 64.2 Å². The van der Waals surface area contributed by atoms with Gasteiger partial charge < -0.3 is 10.5 Å². The molecule has 20 heavy (non-hydrogen) atoms. The average Bonchev–Trinajstić information content (AvgIpc) is 2.41. The van der Waals surface area contributed by atoms with Gasteiger partial charge in [0.1, 0.15) is 11.9 Å². The van der Waals surface area contributed by atoms with Crippen LogP contribution in [0.2, 0.25) is 5.02 Å². The maximum Gasteiger partial charge on any atom is 0.140 e. The van der Waals surface area contributed by atoms with E-state index in [-0.39, 0.29) is 12.1 Å². The van der Waals surface area contributed by atoms with Crippen LogP contribution in [0.15, 0.2) is 42.5 Å². The average molecular weight is 290 g/mol. The van der Waals surface area contributed by atoms with E-state index < -0.39 is 0 Å². The number of nitrogens with two attached hydrogens (primary N) is 1. The van der Waals surface area contributed by atoms with Gasteiger partial charge in [-0.1, -0.05) is 35.9 Å². The molecule has 0 saturated heterocycles. The largest absolute Gasteiger partial charge is 0.484 e. The van der Waals surface area contributed by atoms with E-state index in [0.717, 1.165) is 11.3 Å². The molecule has 2 aromatic carbocycles. The van der Waals surface area contributed by atoms with Crippen LogP contribution < -0.4 is 10.5 Å². The Hall–Kier alpha value is -1.51. The van der Waals surface area contributed by atoms with E-state index in [0.29, 0.717) is 5.02 Å². The summed E-state index contributed by atoms with van der Waals surface area (Å²) in [5.41, 5.74) is 9.43. The van der Waals surface area contributed by atoms with E-state index in [1.165, 1.54) is 11.1 Å². The lowest BCUT2D eigenvalue weighted by molar-refractivity contribution is 0.180. The van der Waals surface area contributed by atoms with Gasteiger partial charge in [0.25, 0.3) is 0 Å². The van der Waals surface area contributed by atoms with Crippen molar-refractivity contribution < 1.29 is 4.74 Å². The number of rotatable bonds is 4. The molecule has 0 fully saturated rings. The zero-order chi connectivity index (χ0) is 14.7. The Morgan fingerprint density at radius 2 is 1.75 bits per heavy atom. The van der Waals surface area contributed by atoms with E-state index in [9.17, 15) is 0 Å². The number of benzene rings is 2. The summed E-state index contributed by atoms with van der Waals surface area (Å²) in [6.07, 6.45) is -0.259. The van der Waals surface area contributed by atoms with Crippen molar-refractivity contribution in [1.82, 2.24) is 0 Å². The van der Waals surface area contributed by atoms with E-state index in [1.54, 1.807) is 0 Å². The first-order valence-electron chi connectivity index (χ1n) is 6.73. The molecule has 0 aliphatic heterocycles. The molecule has 2 N–H and O–H groups in total. The van der Waals surface area contributed by atoms with E-state index >= 15 is 0 Å². The molecule has 0 bridgehead atoms. The number of ether oxygens (including phenoxy) is 1. The summed E-state index contributed by atoms with van der Waals surface area (Å²) >= 11 is 6.25. The van der Waals surface area contributed by atoms with Crippen molar-refractivity contribution in [3.63, 3.8) is 0 Å². The normalized spacial score (nSPS) is 13.8. The third-order valence-corrected chi connectivity index (χ3v) is 3.77. The Bertz CT molecular complexity index is 595. The van der Waals surface area contributed by atoms with Gasteiger partial charge in [0.2, 0.25) is 0 Å². The highest BCUT2D eigenvalue weighted by molar-refractivity contribution is 6.31. The van der Waals surface area contributed by atoms with Crippen LogP contribution in [0.1, 0.15) is 29.7 Å². The van der Waals surface area contributed by atoms with Crippen molar-refractivity contribution >= 4 is 11.6 Å². The van der Waals surface area contributed by atoms with Gasteiger partial charge in [-0.15, -0.1) is 0 Å². The Labute approximate surface area is 125 Å². The maximum absolute atomic E-state index is 6.25. The second kappa shape index (κ2) is 6.29. The summed E-state index contributed by atoms with van der Waals surface area (Å²) in [6.45, 7) is 6.07. The van der Waals surface area contributed by atoms with Crippen LogP contribution in [0.25, 0.3) is 0 Å². The molecule has 0 heterocycles. The highest BCUT2D eigenvalue weighted by atomic mass is 35.5. The molecule has 2 atom stereocenters. The first-order chi connectivity index (χ1) is 9.49. The van der Waals surface area contributed by atoms with Crippen LogP contribution in [0.4, 0.5) is 0 Å². The summed E-state index contributed by atoms with van der Waals surface area (Å²) in [4.78, 5) is 0. The van der Waals surface area contributed by atoms with Gasteiger partial charge in [0, 0.05) is 16.6 Å². The fourth-order valence-electron chi connectivity index (χ4n) is 2.09. The Morgan fingerprint density at radius 1 is 1.05 bits per heavy atom. The smallest absolute Gasteiger partial charge is 0.140 e. The van der Waals surface area contributed by atoms with Crippen LogP contribution in [0.3, 0.4) is 0 Å². The minimum Gasteiger partial charge on any atom is -0.484 e. The fraction of sp³-hybridized carbons (Fsp3) is 0.294. The summed E-state index contributed by atoms with van der Waals surface area (Å²) < 4.78 is 6.07. The summed E-state index contributed by atoms with van der Waals surface area (Å²) in [6, 6.07) is 13.6. The van der Waals surface area contributed by atoms with E-state index in [4.69, 9.17) is 22.1 Å². The van der Waals surface area contributed by atoms with Gasteiger partial charge in [-0.05, 0) is 50.1 Å². The van der Waals surface area contributed by atoms with Crippen molar-refractivity contribution in [2.24, 2.45) is 5.73 Å². The zero-order valence-electron chi connectivity index (χ0n) is 12.1. The van der Waals surface area contributed by atoms with Crippen LogP contribution in [0.5, 0.6) is 5.75 Å². The SMILES string of the molecule is Cc1ccc(OC(c2ccccc2Cl)C(C)N)cc1C. The third kappa shape index (κ3) is 3.33. The predicted octanol–water partition coefficient (Wildman–Crippen LogP) is 4.42. The summed E-state index contributed by atoms with van der Waals surface area (Å²) in [7, 11) is 0. The second-order valence-electron chi connectivity index (χ2n) is 5.17. The number of halogens is 1. The van der Waals surface area contributed by atoms with Gasteiger partial charge >= 0.3 is 0 Å². The van der Waals surface area contributed by atoms with Gasteiger partial charge in [0.05, 0.1) is 0 Å². The lowest BCUT2D eigenvalue weighted by atomic mass is 10.0. The van der Waals surface area contributed by atoms with Crippen molar-refractivity contribution in [1.29, 1.82) is 0 Å². The van der Waals surface area contributed by atoms with Gasteiger partial charge in [-0.3, -0.25) is 0 Å². The predicted molar refractivity (Wildman–Crippen MR) is 84.4 cm³/mol. The molecule has 0 radical (unpaired) electrons. The minimum absolute atomic E-state index is 0.156. The lowest BCUT2D eigenvalue weighted by Crippen LogP contribution is -2.29. The quantitative estimate of drug-likeness (QED) is 0.904. The molecule has 2 rings (SSSR count). The molecule has 2 aromatic rings. The molecule has 0 aliphatic rings. The van der Waals surface area contributed by atoms with E-state index in [2.05, 4.69) is 19.9 Å². The lowest BCUT2D eigenvalue weighted by Gasteiger charge is -2.24. The topological polar surface area (TPSA) is 35.2 Å². The molecule has 106 valence electrons. The van der Waals surface area contributed by atoms with Crippen molar-refractivity contribution in [2.75, 3.05) is 0 Å². The molecule has 2 nitrogen and oxygen atoms in total. The molecular weight excluding hydrogens is 270 g/mol. The molecule has 0 aromatic heterocycles. The third-order valence-electron chi connectivity index (χ3n) is 3.43. The fourth-order valence-corrected chi connectivity index (χ4v) is 2.34. The highest BCUT2D eigenvalue weighted by Gasteiger charge is 2.20. The van der Waals surface area contributed by atoms with Gasteiger partial charge in [-0.2, -0.15) is 0 Å². The van der Waals surface area contributed by atoms with Crippen molar-refractivity contribution in [2.45, 2.75) is 32.9 Å². The summed E-state index contributed by atoms with van der Waals surface area (Å²) in [5, 5.41) is 0.679. The zero-order valence-corrected chi connectivity index (χ0v) is 12.8. The molecule has 0 amide bonds. The molecule has 0 aliphatic carbocycles. The standard InChI is InChI=1S/C17H20ClNO/c1-11-8-9-14(10-12(11)2)20-17(13(3)19)15-6-4-5-7-16(15)18/h4-10,13,17H,19H2,1-3H3. The van der Waals surface area contributed by atoms with Crippen LogP contribution in [-0.2, 0) is 0 Å². The highest BCUT2D eigenvalue weighted by Crippen LogP contribution is 2.30. The Balaban J connectivity index is 2.31. The summed E-state index contributed by atoms with van der Waals surface area (Å²) in [5.74, 6) is 0.815. The Kier molecular flexibility index (Phi) is 4.69. The molecule has 0 spiro atoms. The van der Waals surface area contributed by atoms with Crippen LogP contribution in [0, 0.1) is 13.8 Å². The Morgan fingerprint density at radius 3 is 2.35 bits per heavy atom. The molecule has 2 unspecified atom stereocenters. The molecular formula is C17H20ClNO. The second-order valence-corrected chi connectivity index (χ2v) is 5.57. The molecule has 0 saturated carbocycles. The van der Waals surface area contributed by atoms with Gasteiger partial charge in [-0.25, -0.2) is 0 Å². The minimum atomic E-state index is -0.259. The van der Waals surface area contributed by atoms with Crippen molar-refractivity contribution in [3.8, 4) is 5.75 Å². The van der Waals surface area contributed by atoms with Gasteiger partial charge in [0.15, 0.2) is 0 Å². The number of aryl methyl sites for hydroxylation is 2. The first-order valence-corrected chi connectivity index (χ1v) is 7.10.